The summed E-state index contributed by atoms with van der Waals surface area (Å²) in [6, 6.07) is 28.3. The molecular weight excluding hydrogens is 530 g/mol. The number of hydrogen-bond acceptors (Lipinski definition) is 6. The first-order valence-corrected chi connectivity index (χ1v) is 15.3. The molecule has 1 N–H and O–H groups in total. The highest BCUT2D eigenvalue weighted by Crippen LogP contribution is 2.23. The van der Waals surface area contributed by atoms with Gasteiger partial charge in [0.25, 0.3) is 5.91 Å². The van der Waals surface area contributed by atoms with Crippen LogP contribution in [0.4, 0.5) is 0 Å². The Balaban J connectivity index is 1.40. The predicted molar refractivity (Wildman–Crippen MR) is 165 cm³/mol. The summed E-state index contributed by atoms with van der Waals surface area (Å²) in [5.41, 5.74) is 5.99. The van der Waals surface area contributed by atoms with Crippen LogP contribution in [0, 0.1) is 6.92 Å². The monoisotopic (exact) mass is 569 g/mol. The van der Waals surface area contributed by atoms with Crippen molar-refractivity contribution < 1.29 is 14.3 Å². The van der Waals surface area contributed by atoms with Crippen LogP contribution in [0.1, 0.15) is 44.9 Å². The van der Waals surface area contributed by atoms with Crippen molar-refractivity contribution in [1.29, 1.82) is 0 Å². The summed E-state index contributed by atoms with van der Waals surface area (Å²) in [4.78, 5) is 21.9. The SMILES string of the molecule is Cc1ncsc1CN1CCCCOC[C@H](Cc2ccccc2)NC(=O)c2ccccc2OC[C@@H]1Cc1ccccc1. The number of aromatic nitrogens is 1. The molecule has 2 heterocycles. The Hall–Kier alpha value is -3.52. The predicted octanol–water partition coefficient (Wildman–Crippen LogP) is 6.10. The lowest BCUT2D eigenvalue weighted by atomic mass is 10.0. The molecule has 1 aliphatic heterocycles. The number of carbonyl (C=O) groups excluding carboxylic acids is 1. The number of ether oxygens (including phenoxy) is 2. The van der Waals surface area contributed by atoms with Crippen molar-refractivity contribution in [3.63, 3.8) is 0 Å². The molecule has 1 aromatic heterocycles. The minimum atomic E-state index is -0.142. The summed E-state index contributed by atoms with van der Waals surface area (Å²) < 4.78 is 12.6. The van der Waals surface area contributed by atoms with E-state index in [2.05, 4.69) is 64.6 Å². The van der Waals surface area contributed by atoms with E-state index in [0.29, 0.717) is 37.6 Å². The Labute approximate surface area is 247 Å². The number of amides is 1. The quantitative estimate of drug-likeness (QED) is 0.304. The Kier molecular flexibility index (Phi) is 10.5. The van der Waals surface area contributed by atoms with E-state index in [4.69, 9.17) is 9.47 Å². The summed E-state index contributed by atoms with van der Waals surface area (Å²) in [6.45, 7) is 5.42. The highest BCUT2D eigenvalue weighted by atomic mass is 32.1. The van der Waals surface area contributed by atoms with Crippen molar-refractivity contribution in [1.82, 2.24) is 15.2 Å². The number of rotatable bonds is 6. The van der Waals surface area contributed by atoms with E-state index in [1.54, 1.807) is 11.3 Å². The van der Waals surface area contributed by atoms with Gasteiger partial charge in [-0.3, -0.25) is 9.69 Å². The summed E-state index contributed by atoms with van der Waals surface area (Å²) in [5, 5.41) is 3.23. The summed E-state index contributed by atoms with van der Waals surface area (Å²) in [7, 11) is 0. The third-order valence-corrected chi connectivity index (χ3v) is 8.47. The van der Waals surface area contributed by atoms with Crippen LogP contribution in [-0.4, -0.2) is 54.2 Å². The maximum absolute atomic E-state index is 13.6. The van der Waals surface area contributed by atoms with Crippen molar-refractivity contribution in [2.45, 2.75) is 51.2 Å². The molecule has 5 rings (SSSR count). The number of aryl methyl sites for hydroxylation is 1. The highest BCUT2D eigenvalue weighted by molar-refractivity contribution is 7.09. The van der Waals surface area contributed by atoms with Gasteiger partial charge in [0, 0.05) is 24.1 Å². The van der Waals surface area contributed by atoms with Crippen molar-refractivity contribution in [3.8, 4) is 5.75 Å². The molecule has 3 aromatic carbocycles. The van der Waals surface area contributed by atoms with Gasteiger partial charge in [-0.2, -0.15) is 0 Å². The van der Waals surface area contributed by atoms with Gasteiger partial charge in [-0.25, -0.2) is 4.98 Å². The van der Waals surface area contributed by atoms with Gasteiger partial charge in [-0.1, -0.05) is 72.8 Å². The number of thiazole rings is 1. The second-order valence-electron chi connectivity index (χ2n) is 10.6. The number of carbonyl (C=O) groups is 1. The lowest BCUT2D eigenvalue weighted by Gasteiger charge is -2.32. The fourth-order valence-electron chi connectivity index (χ4n) is 5.26. The van der Waals surface area contributed by atoms with Crippen LogP contribution in [0.3, 0.4) is 0 Å². The summed E-state index contributed by atoms with van der Waals surface area (Å²) in [5.74, 6) is 0.461. The molecule has 2 atom stereocenters. The number of hydrogen-bond donors (Lipinski definition) is 1. The van der Waals surface area contributed by atoms with E-state index in [-0.39, 0.29) is 18.0 Å². The van der Waals surface area contributed by atoms with Crippen molar-refractivity contribution in [2.24, 2.45) is 0 Å². The van der Waals surface area contributed by atoms with Gasteiger partial charge in [0.05, 0.1) is 29.4 Å². The van der Waals surface area contributed by atoms with E-state index in [1.807, 2.05) is 48.0 Å². The van der Waals surface area contributed by atoms with Gasteiger partial charge < -0.3 is 14.8 Å². The standard InChI is InChI=1S/C34H39N3O3S/c1-26-33(41-25-35-26)22-37-18-10-11-19-39-23-29(20-27-12-4-2-5-13-27)36-34(38)31-16-8-9-17-32(31)40-24-30(37)21-28-14-6-3-7-15-28/h2-9,12-17,25,29-30H,10-11,18-24H2,1H3,(H,36,38)/t29-,30-/m0/s1. The number of nitrogens with zero attached hydrogens (tertiary/aromatic N) is 2. The third-order valence-electron chi connectivity index (χ3n) is 7.55. The van der Waals surface area contributed by atoms with Crippen molar-refractivity contribution in [3.05, 3.63) is 118 Å². The summed E-state index contributed by atoms with van der Waals surface area (Å²) in [6.07, 6.45) is 3.51. The maximum Gasteiger partial charge on any atom is 0.255 e. The number of benzene rings is 3. The number of fused-ring (bicyclic) bond motifs is 1. The summed E-state index contributed by atoms with van der Waals surface area (Å²) >= 11 is 1.71. The van der Waals surface area contributed by atoms with Crippen LogP contribution >= 0.6 is 11.3 Å². The van der Waals surface area contributed by atoms with Crippen LogP contribution < -0.4 is 10.1 Å². The second-order valence-corrected chi connectivity index (χ2v) is 11.6. The lowest BCUT2D eigenvalue weighted by Crippen LogP contribution is -2.41. The second kappa shape index (κ2) is 14.9. The van der Waals surface area contributed by atoms with E-state index in [0.717, 1.165) is 38.0 Å². The Morgan fingerprint density at radius 1 is 0.902 bits per heavy atom. The van der Waals surface area contributed by atoms with Gasteiger partial charge in [0.1, 0.15) is 12.4 Å². The zero-order chi connectivity index (χ0) is 28.3. The smallest absolute Gasteiger partial charge is 0.255 e. The molecule has 0 spiro atoms. The molecule has 0 aliphatic carbocycles. The molecule has 214 valence electrons. The molecule has 7 heteroatoms. The van der Waals surface area contributed by atoms with Crippen LogP contribution in [0.25, 0.3) is 0 Å². The van der Waals surface area contributed by atoms with E-state index in [9.17, 15) is 4.79 Å². The molecule has 0 saturated heterocycles. The molecule has 1 aliphatic rings. The van der Waals surface area contributed by atoms with Gasteiger partial charge in [0.2, 0.25) is 0 Å². The topological polar surface area (TPSA) is 63.7 Å². The van der Waals surface area contributed by atoms with Crippen molar-refractivity contribution >= 4 is 17.2 Å². The molecule has 4 aromatic rings. The minimum Gasteiger partial charge on any atom is -0.491 e. The molecule has 0 saturated carbocycles. The van der Waals surface area contributed by atoms with Crippen molar-refractivity contribution in [2.75, 3.05) is 26.4 Å². The largest absolute Gasteiger partial charge is 0.491 e. The fourth-order valence-corrected chi connectivity index (χ4v) is 6.06. The van der Waals surface area contributed by atoms with Crippen LogP contribution in [0.2, 0.25) is 0 Å². The zero-order valence-electron chi connectivity index (χ0n) is 23.7. The molecule has 0 unspecified atom stereocenters. The van der Waals surface area contributed by atoms with Gasteiger partial charge in [-0.05, 0) is 62.4 Å². The van der Waals surface area contributed by atoms with E-state index in [1.165, 1.54) is 16.0 Å². The molecule has 6 nitrogen and oxygen atoms in total. The Morgan fingerprint density at radius 2 is 1.61 bits per heavy atom. The molecular formula is C34H39N3O3S. The maximum atomic E-state index is 13.6. The third kappa shape index (κ3) is 8.49. The first-order chi connectivity index (χ1) is 20.2. The highest BCUT2D eigenvalue weighted by Gasteiger charge is 2.24. The van der Waals surface area contributed by atoms with Gasteiger partial charge in [0.15, 0.2) is 0 Å². The molecule has 0 radical (unpaired) electrons. The van der Waals surface area contributed by atoms with Crippen LogP contribution in [0.5, 0.6) is 5.75 Å². The van der Waals surface area contributed by atoms with Gasteiger partial charge >= 0.3 is 0 Å². The zero-order valence-corrected chi connectivity index (χ0v) is 24.5. The first-order valence-electron chi connectivity index (χ1n) is 14.5. The average molecular weight is 570 g/mol. The molecule has 41 heavy (non-hydrogen) atoms. The number of nitrogens with one attached hydrogen (secondary N) is 1. The molecule has 0 bridgehead atoms. The minimum absolute atomic E-state index is 0.117. The van der Waals surface area contributed by atoms with Crippen LogP contribution in [0.15, 0.2) is 90.4 Å². The molecule has 1 amide bonds. The average Bonchev–Trinajstić information content (AvgIpc) is 3.40. The normalized spacial score (nSPS) is 19.3. The lowest BCUT2D eigenvalue weighted by molar-refractivity contribution is 0.0819. The Morgan fingerprint density at radius 3 is 2.34 bits per heavy atom. The van der Waals surface area contributed by atoms with E-state index < -0.39 is 0 Å². The van der Waals surface area contributed by atoms with Crippen LogP contribution in [-0.2, 0) is 24.1 Å². The molecule has 0 fully saturated rings. The first kappa shape index (κ1) is 29.0. The van der Waals surface area contributed by atoms with E-state index >= 15 is 0 Å². The number of para-hydroxylation sites is 1. The fraction of sp³-hybridized carbons (Fsp3) is 0.353. The Bertz CT molecular complexity index is 1360. The van der Waals surface area contributed by atoms with Gasteiger partial charge in [-0.15, -0.1) is 11.3 Å².